The highest BCUT2D eigenvalue weighted by Gasteiger charge is 2.49. The molecule has 0 aromatic rings. The second-order valence-electron chi connectivity index (χ2n) is 2.51. The van der Waals surface area contributed by atoms with E-state index in [2.05, 4.69) is 4.74 Å². The van der Waals surface area contributed by atoms with E-state index in [-0.39, 0.29) is 10.9 Å². The fourth-order valence-electron chi connectivity index (χ4n) is 0.650. The van der Waals surface area contributed by atoms with E-state index in [4.69, 9.17) is 0 Å². The number of halogens is 3. The Hall–Kier alpha value is -0.830. The van der Waals surface area contributed by atoms with Gasteiger partial charge < -0.3 is 4.74 Å². The average molecular weight is 249 g/mol. The maximum absolute atomic E-state index is 11.9. The fraction of sp³-hybridized carbons (Fsp3) is 0.833. The standard InChI is InChI=1S/C6H10F3NO4S/c1-3-14-5(11)4-10(2)15(12,13)6(7,8)9/h3-4H2,1-2H3. The van der Waals surface area contributed by atoms with Gasteiger partial charge >= 0.3 is 21.5 Å². The van der Waals surface area contributed by atoms with Crippen molar-refractivity contribution in [2.24, 2.45) is 0 Å². The van der Waals surface area contributed by atoms with Crippen LogP contribution in [0.25, 0.3) is 0 Å². The van der Waals surface area contributed by atoms with Crippen molar-refractivity contribution in [3.8, 4) is 0 Å². The molecule has 0 bridgehead atoms. The lowest BCUT2D eigenvalue weighted by Gasteiger charge is -2.17. The van der Waals surface area contributed by atoms with Crippen molar-refractivity contribution in [3.05, 3.63) is 0 Å². The molecule has 0 heterocycles. The quantitative estimate of drug-likeness (QED) is 0.673. The van der Waals surface area contributed by atoms with Crippen molar-refractivity contribution in [1.82, 2.24) is 4.31 Å². The number of carbonyl (C=O) groups excluding carboxylic acids is 1. The summed E-state index contributed by atoms with van der Waals surface area (Å²) in [6, 6.07) is 0. The van der Waals surface area contributed by atoms with Gasteiger partial charge in [-0.05, 0) is 6.92 Å². The molecule has 0 N–H and O–H groups in total. The molecule has 0 unspecified atom stereocenters. The van der Waals surface area contributed by atoms with Crippen LogP contribution in [0.2, 0.25) is 0 Å². The lowest BCUT2D eigenvalue weighted by Crippen LogP contribution is -2.41. The SMILES string of the molecule is CCOC(=O)CN(C)S(=O)(=O)C(F)(F)F. The molecule has 0 aliphatic heterocycles. The van der Waals surface area contributed by atoms with Crippen LogP contribution in [0.4, 0.5) is 13.2 Å². The number of likely N-dealkylation sites (N-methyl/N-ethyl adjacent to an activating group) is 1. The molecule has 0 aromatic heterocycles. The van der Waals surface area contributed by atoms with E-state index in [0.29, 0.717) is 7.05 Å². The molecule has 0 radical (unpaired) electrons. The second-order valence-corrected chi connectivity index (χ2v) is 4.55. The van der Waals surface area contributed by atoms with Crippen LogP contribution in [0.15, 0.2) is 0 Å². The van der Waals surface area contributed by atoms with E-state index in [1.54, 1.807) is 0 Å². The topological polar surface area (TPSA) is 63.7 Å². The zero-order valence-corrected chi connectivity index (χ0v) is 8.85. The van der Waals surface area contributed by atoms with Crippen LogP contribution >= 0.6 is 0 Å². The van der Waals surface area contributed by atoms with E-state index in [9.17, 15) is 26.4 Å². The second kappa shape index (κ2) is 4.79. The summed E-state index contributed by atoms with van der Waals surface area (Å²) in [6.07, 6.45) is 0. The van der Waals surface area contributed by atoms with Crippen molar-refractivity contribution in [3.63, 3.8) is 0 Å². The number of hydrogen-bond donors (Lipinski definition) is 0. The van der Waals surface area contributed by atoms with E-state index >= 15 is 0 Å². The van der Waals surface area contributed by atoms with Crippen LogP contribution in [0.3, 0.4) is 0 Å². The Bertz CT molecular complexity index is 324. The van der Waals surface area contributed by atoms with E-state index < -0.39 is 28.0 Å². The van der Waals surface area contributed by atoms with Gasteiger partial charge in [0.1, 0.15) is 6.54 Å². The smallest absolute Gasteiger partial charge is 0.465 e. The number of hydrogen-bond acceptors (Lipinski definition) is 4. The highest BCUT2D eigenvalue weighted by Crippen LogP contribution is 2.25. The van der Waals surface area contributed by atoms with Gasteiger partial charge in [-0.25, -0.2) is 8.42 Å². The van der Waals surface area contributed by atoms with Gasteiger partial charge in [0.15, 0.2) is 0 Å². The predicted molar refractivity (Wildman–Crippen MR) is 44.2 cm³/mol. The first-order valence-corrected chi connectivity index (χ1v) is 5.25. The Morgan fingerprint density at radius 3 is 2.20 bits per heavy atom. The van der Waals surface area contributed by atoms with Crippen LogP contribution in [-0.2, 0) is 19.6 Å². The van der Waals surface area contributed by atoms with Gasteiger partial charge in [-0.2, -0.15) is 17.5 Å². The maximum atomic E-state index is 11.9. The van der Waals surface area contributed by atoms with E-state index in [1.165, 1.54) is 6.92 Å². The van der Waals surface area contributed by atoms with Gasteiger partial charge in [0.05, 0.1) is 6.61 Å². The van der Waals surface area contributed by atoms with Gasteiger partial charge in [-0.15, -0.1) is 0 Å². The van der Waals surface area contributed by atoms with Crippen molar-refractivity contribution >= 4 is 16.0 Å². The summed E-state index contributed by atoms with van der Waals surface area (Å²) in [4.78, 5) is 10.7. The highest BCUT2D eigenvalue weighted by atomic mass is 32.2. The lowest BCUT2D eigenvalue weighted by atomic mass is 10.6. The summed E-state index contributed by atoms with van der Waals surface area (Å²) in [5.74, 6) is -1.03. The van der Waals surface area contributed by atoms with Crippen LogP contribution in [0, 0.1) is 0 Å². The molecule has 0 amide bonds. The molecule has 90 valence electrons. The minimum absolute atomic E-state index is 0.0290. The number of esters is 1. The lowest BCUT2D eigenvalue weighted by molar-refractivity contribution is -0.143. The molecule has 5 nitrogen and oxygen atoms in total. The summed E-state index contributed by atoms with van der Waals surface area (Å²) < 4.78 is 61.4. The molecule has 0 aliphatic rings. The number of alkyl halides is 3. The average Bonchev–Trinajstić information content (AvgIpc) is 2.02. The molecule has 15 heavy (non-hydrogen) atoms. The summed E-state index contributed by atoms with van der Waals surface area (Å²) >= 11 is 0. The summed E-state index contributed by atoms with van der Waals surface area (Å²) in [6.45, 7) is 0.463. The Morgan fingerprint density at radius 2 is 1.87 bits per heavy atom. The molecule has 0 aliphatic carbocycles. The molecule has 0 saturated carbocycles. The molecule has 0 atom stereocenters. The first kappa shape index (κ1) is 14.2. The van der Waals surface area contributed by atoms with Crippen molar-refractivity contribution in [2.45, 2.75) is 12.4 Å². The van der Waals surface area contributed by atoms with E-state index in [0.717, 1.165) is 0 Å². The Kier molecular flexibility index (Phi) is 4.53. The maximum Gasteiger partial charge on any atom is 0.511 e. The van der Waals surface area contributed by atoms with Crippen molar-refractivity contribution < 1.29 is 31.1 Å². The largest absolute Gasteiger partial charge is 0.511 e. The molecule has 0 saturated heterocycles. The molecule has 0 fully saturated rings. The van der Waals surface area contributed by atoms with Gasteiger partial charge in [-0.3, -0.25) is 4.79 Å². The van der Waals surface area contributed by atoms with Gasteiger partial charge in [0.25, 0.3) is 0 Å². The van der Waals surface area contributed by atoms with Crippen molar-refractivity contribution in [1.29, 1.82) is 0 Å². The van der Waals surface area contributed by atoms with E-state index in [1.807, 2.05) is 0 Å². The summed E-state index contributed by atoms with van der Waals surface area (Å²) in [7, 11) is -4.80. The monoisotopic (exact) mass is 249 g/mol. The normalized spacial score (nSPS) is 12.9. The summed E-state index contributed by atoms with van der Waals surface area (Å²) in [5.41, 5.74) is -5.41. The van der Waals surface area contributed by atoms with Gasteiger partial charge in [-0.1, -0.05) is 0 Å². The minimum atomic E-state index is -5.46. The third-order valence-corrected chi connectivity index (χ3v) is 2.89. The van der Waals surface area contributed by atoms with Crippen LogP contribution in [-0.4, -0.2) is 44.4 Å². The Balaban J connectivity index is 4.60. The predicted octanol–water partition coefficient (Wildman–Crippen LogP) is 0.331. The molecule has 0 spiro atoms. The first-order valence-electron chi connectivity index (χ1n) is 3.81. The molecule has 9 heteroatoms. The fourth-order valence-corrected chi connectivity index (χ4v) is 1.28. The Labute approximate surface area is 84.9 Å². The van der Waals surface area contributed by atoms with Crippen LogP contribution in [0.5, 0.6) is 0 Å². The third-order valence-electron chi connectivity index (χ3n) is 1.36. The highest BCUT2D eigenvalue weighted by molar-refractivity contribution is 7.90. The van der Waals surface area contributed by atoms with Gasteiger partial charge in [0, 0.05) is 7.05 Å². The zero-order valence-electron chi connectivity index (χ0n) is 8.04. The summed E-state index contributed by atoms with van der Waals surface area (Å²) in [5, 5.41) is 0. The minimum Gasteiger partial charge on any atom is -0.465 e. The number of carbonyl (C=O) groups is 1. The van der Waals surface area contributed by atoms with Gasteiger partial charge in [0.2, 0.25) is 0 Å². The molecular weight excluding hydrogens is 239 g/mol. The number of rotatable bonds is 4. The molecular formula is C6H10F3NO4S. The Morgan fingerprint density at radius 1 is 1.40 bits per heavy atom. The molecule has 0 rings (SSSR count). The van der Waals surface area contributed by atoms with Crippen LogP contribution < -0.4 is 0 Å². The number of nitrogens with zero attached hydrogens (tertiary/aromatic N) is 1. The van der Waals surface area contributed by atoms with Crippen LogP contribution in [0.1, 0.15) is 6.92 Å². The number of sulfonamides is 1. The first-order chi connectivity index (χ1) is 6.63. The third kappa shape index (κ3) is 3.67. The van der Waals surface area contributed by atoms with Crippen molar-refractivity contribution in [2.75, 3.05) is 20.2 Å². The molecule has 0 aromatic carbocycles. The zero-order chi connectivity index (χ0) is 12.3. The number of ether oxygens (including phenoxy) is 1.